The number of nitrogens with one attached hydrogen (secondary N) is 1. The predicted octanol–water partition coefficient (Wildman–Crippen LogP) is 3.44. The number of ether oxygens (including phenoxy) is 1. The molecule has 37 heavy (non-hydrogen) atoms. The fourth-order valence-electron chi connectivity index (χ4n) is 4.92. The molecular weight excluding hydrogens is 474 g/mol. The Morgan fingerprint density at radius 1 is 1.16 bits per heavy atom. The van der Waals surface area contributed by atoms with E-state index in [1.807, 2.05) is 0 Å². The maximum Gasteiger partial charge on any atom is 0.335 e. The van der Waals surface area contributed by atoms with E-state index in [2.05, 4.69) is 10.3 Å². The van der Waals surface area contributed by atoms with Gasteiger partial charge in [-0.05, 0) is 37.1 Å². The van der Waals surface area contributed by atoms with Crippen molar-refractivity contribution in [2.75, 3.05) is 32.3 Å². The number of aromatic nitrogens is 4. The maximum atomic E-state index is 13.8. The molecule has 11 heteroatoms. The number of methoxy groups -OCH3 is 1. The zero-order valence-electron chi connectivity index (χ0n) is 20.9. The van der Waals surface area contributed by atoms with E-state index in [9.17, 15) is 14.7 Å². The monoisotopic (exact) mass is 503 g/mol. The molecule has 5 rings (SSSR count). The summed E-state index contributed by atoms with van der Waals surface area (Å²) >= 11 is 0. The van der Waals surface area contributed by atoms with E-state index >= 15 is 0 Å². The van der Waals surface area contributed by atoms with Crippen LogP contribution in [0.15, 0.2) is 47.3 Å². The Labute approximate surface area is 213 Å². The molecule has 0 unspecified atom stereocenters. The summed E-state index contributed by atoms with van der Waals surface area (Å²) in [7, 11) is 4.84. The van der Waals surface area contributed by atoms with Crippen molar-refractivity contribution >= 4 is 34.5 Å². The van der Waals surface area contributed by atoms with Crippen molar-refractivity contribution in [3.8, 4) is 17.2 Å². The van der Waals surface area contributed by atoms with Gasteiger partial charge in [0.15, 0.2) is 11.5 Å². The highest BCUT2D eigenvalue weighted by atomic mass is 16.5. The van der Waals surface area contributed by atoms with E-state index in [1.54, 1.807) is 49.0 Å². The van der Waals surface area contributed by atoms with Crippen molar-refractivity contribution in [1.82, 2.24) is 24.0 Å². The molecule has 0 spiro atoms. The molecule has 1 amide bonds. The Kier molecular flexibility index (Phi) is 6.20. The van der Waals surface area contributed by atoms with E-state index in [0.29, 0.717) is 33.9 Å². The van der Waals surface area contributed by atoms with Crippen molar-refractivity contribution < 1.29 is 14.6 Å². The Bertz CT molecular complexity index is 1550. The van der Waals surface area contributed by atoms with Crippen molar-refractivity contribution in [3.63, 3.8) is 0 Å². The number of nitrogens with two attached hydrogens (primary N) is 1. The molecule has 2 heterocycles. The van der Waals surface area contributed by atoms with Crippen molar-refractivity contribution in [2.24, 2.45) is 0 Å². The number of carbonyl (C=O) groups excluding carboxylic acids is 1. The molecule has 192 valence electrons. The quantitative estimate of drug-likeness (QED) is 0.363. The smallest absolute Gasteiger partial charge is 0.335 e. The van der Waals surface area contributed by atoms with Gasteiger partial charge in [-0.15, -0.1) is 0 Å². The molecule has 1 aliphatic rings. The van der Waals surface area contributed by atoms with Crippen LogP contribution in [-0.2, 0) is 0 Å². The van der Waals surface area contributed by atoms with Crippen LogP contribution in [0.4, 0.5) is 17.5 Å². The zero-order valence-corrected chi connectivity index (χ0v) is 20.9. The van der Waals surface area contributed by atoms with Gasteiger partial charge in [-0.25, -0.2) is 4.79 Å². The summed E-state index contributed by atoms with van der Waals surface area (Å²) in [6.45, 7) is 0. The van der Waals surface area contributed by atoms with Crippen LogP contribution in [0, 0.1) is 0 Å². The second-order valence-electron chi connectivity index (χ2n) is 9.26. The minimum absolute atomic E-state index is 0.0261. The molecular formula is C26H29N7O4. The molecule has 0 saturated heterocycles. The number of phenolic OH excluding ortho intramolecular Hbond substituents is 1. The van der Waals surface area contributed by atoms with Gasteiger partial charge in [-0.1, -0.05) is 25.0 Å². The summed E-state index contributed by atoms with van der Waals surface area (Å²) in [5, 5.41) is 13.2. The molecule has 0 bridgehead atoms. The van der Waals surface area contributed by atoms with Gasteiger partial charge in [0.25, 0.3) is 5.91 Å². The Hall–Kier alpha value is -4.54. The minimum Gasteiger partial charge on any atom is -0.508 e. The van der Waals surface area contributed by atoms with Crippen LogP contribution in [0.25, 0.3) is 16.9 Å². The number of anilines is 3. The second-order valence-corrected chi connectivity index (χ2v) is 9.26. The first-order chi connectivity index (χ1) is 17.8. The number of amides is 1. The Balaban J connectivity index is 1.72. The molecule has 0 aliphatic heterocycles. The number of rotatable bonds is 6. The van der Waals surface area contributed by atoms with E-state index in [0.717, 1.165) is 25.7 Å². The number of nitrogens with zero attached hydrogens (tertiary/aromatic N) is 5. The SMILES string of the molecule is COc1cccc(C(=O)N(C)C)c1Nc1nc(N)c2c(n1)n(C1CCCC1)c(=O)n2-c1cccc(O)c1. The average molecular weight is 504 g/mol. The number of fused-ring (bicyclic) bond motifs is 1. The fraction of sp³-hybridized carbons (Fsp3) is 0.308. The lowest BCUT2D eigenvalue weighted by molar-refractivity contribution is 0.0828. The third kappa shape index (κ3) is 4.22. The Morgan fingerprint density at radius 2 is 1.89 bits per heavy atom. The lowest BCUT2D eigenvalue weighted by Crippen LogP contribution is -2.26. The summed E-state index contributed by atoms with van der Waals surface area (Å²) < 4.78 is 8.61. The van der Waals surface area contributed by atoms with Gasteiger partial charge in [0.1, 0.15) is 17.0 Å². The molecule has 4 aromatic rings. The average Bonchev–Trinajstić information content (AvgIpc) is 3.49. The molecule has 1 saturated carbocycles. The third-order valence-corrected chi connectivity index (χ3v) is 6.64. The highest BCUT2D eigenvalue weighted by Gasteiger charge is 2.28. The first kappa shape index (κ1) is 24.2. The van der Waals surface area contributed by atoms with Crippen LogP contribution < -0.4 is 21.5 Å². The van der Waals surface area contributed by atoms with Crippen LogP contribution in [0.2, 0.25) is 0 Å². The van der Waals surface area contributed by atoms with Crippen molar-refractivity contribution in [3.05, 3.63) is 58.5 Å². The summed E-state index contributed by atoms with van der Waals surface area (Å²) in [5.74, 6) is 0.439. The van der Waals surface area contributed by atoms with E-state index in [1.165, 1.54) is 28.7 Å². The standard InChI is InChI=1S/C26H29N7O4/c1-31(2)24(35)18-12-7-13-19(37-3)20(18)28-25-29-22(27)21-23(30-25)33(15-8-4-5-9-15)26(36)32(21)16-10-6-11-17(34)14-16/h6-7,10-15,34H,4-5,8-9H2,1-3H3,(H3,27,28,29,30). The molecule has 1 aliphatic carbocycles. The Morgan fingerprint density at radius 3 is 2.57 bits per heavy atom. The first-order valence-electron chi connectivity index (χ1n) is 12.1. The van der Waals surface area contributed by atoms with Gasteiger partial charge in [0, 0.05) is 26.2 Å². The number of phenols is 1. The molecule has 2 aromatic heterocycles. The van der Waals surface area contributed by atoms with Crippen molar-refractivity contribution in [2.45, 2.75) is 31.7 Å². The third-order valence-electron chi connectivity index (χ3n) is 6.64. The predicted molar refractivity (Wildman–Crippen MR) is 141 cm³/mol. The molecule has 0 radical (unpaired) electrons. The number of nitrogen functional groups attached to an aromatic ring is 1. The number of hydrogen-bond acceptors (Lipinski definition) is 8. The van der Waals surface area contributed by atoms with Crippen LogP contribution in [0.5, 0.6) is 11.5 Å². The van der Waals surface area contributed by atoms with Gasteiger partial charge in [0.05, 0.1) is 24.0 Å². The largest absolute Gasteiger partial charge is 0.508 e. The molecule has 2 aromatic carbocycles. The first-order valence-corrected chi connectivity index (χ1v) is 12.1. The molecule has 4 N–H and O–H groups in total. The topological polar surface area (TPSA) is 141 Å². The van der Waals surface area contributed by atoms with Gasteiger partial charge in [-0.2, -0.15) is 9.97 Å². The number of aromatic hydroxyl groups is 1. The number of imidazole rings is 1. The van der Waals surface area contributed by atoms with Gasteiger partial charge >= 0.3 is 5.69 Å². The lowest BCUT2D eigenvalue weighted by Gasteiger charge is -2.17. The van der Waals surface area contributed by atoms with Gasteiger partial charge in [0.2, 0.25) is 5.95 Å². The highest BCUT2D eigenvalue weighted by Crippen LogP contribution is 2.35. The van der Waals surface area contributed by atoms with Crippen LogP contribution >= 0.6 is 0 Å². The normalized spacial score (nSPS) is 13.7. The van der Waals surface area contributed by atoms with E-state index < -0.39 is 0 Å². The summed E-state index contributed by atoms with van der Waals surface area (Å²) in [6, 6.07) is 11.5. The maximum absolute atomic E-state index is 13.8. The summed E-state index contributed by atoms with van der Waals surface area (Å²) in [4.78, 5) is 37.3. The molecule has 1 fully saturated rings. The highest BCUT2D eigenvalue weighted by molar-refractivity contribution is 6.01. The molecule has 0 atom stereocenters. The number of benzene rings is 2. The second kappa shape index (κ2) is 9.49. The van der Waals surface area contributed by atoms with Crippen LogP contribution in [0.1, 0.15) is 42.1 Å². The minimum atomic E-state index is -0.300. The zero-order chi connectivity index (χ0) is 26.3. The van der Waals surface area contributed by atoms with Crippen molar-refractivity contribution in [1.29, 1.82) is 0 Å². The summed E-state index contributed by atoms with van der Waals surface area (Å²) in [5.41, 5.74) is 8.12. The van der Waals surface area contributed by atoms with Crippen LogP contribution in [0.3, 0.4) is 0 Å². The van der Waals surface area contributed by atoms with Gasteiger partial charge < -0.3 is 25.8 Å². The fourth-order valence-corrected chi connectivity index (χ4v) is 4.92. The van der Waals surface area contributed by atoms with E-state index in [-0.39, 0.29) is 35.2 Å². The lowest BCUT2D eigenvalue weighted by atomic mass is 10.1. The number of carbonyl (C=O) groups is 1. The van der Waals surface area contributed by atoms with Gasteiger partial charge in [-0.3, -0.25) is 13.9 Å². The number of para-hydroxylation sites is 1. The van der Waals surface area contributed by atoms with Crippen LogP contribution in [-0.4, -0.2) is 56.2 Å². The summed E-state index contributed by atoms with van der Waals surface area (Å²) in [6.07, 6.45) is 3.72. The number of hydrogen-bond donors (Lipinski definition) is 3. The molecule has 11 nitrogen and oxygen atoms in total. The van der Waals surface area contributed by atoms with E-state index in [4.69, 9.17) is 15.5 Å².